The van der Waals surface area contributed by atoms with Crippen LogP contribution in [0.4, 0.5) is 34.1 Å². The van der Waals surface area contributed by atoms with Gasteiger partial charge in [-0.15, -0.1) is 11.3 Å². The largest absolute Gasteiger partial charge is 0.311 e. The van der Waals surface area contributed by atoms with E-state index in [-0.39, 0.29) is 28.4 Å². The van der Waals surface area contributed by atoms with Crippen LogP contribution in [0.2, 0.25) is 0 Å². The summed E-state index contributed by atoms with van der Waals surface area (Å²) in [5.74, 6) is 0. The second-order valence-electron chi connectivity index (χ2n) is 28.1. The van der Waals surface area contributed by atoms with Crippen molar-refractivity contribution in [3.05, 3.63) is 234 Å². The van der Waals surface area contributed by atoms with E-state index in [9.17, 15) is 0 Å². The molecule has 1 aromatic heterocycles. The van der Waals surface area contributed by atoms with Gasteiger partial charge < -0.3 is 9.80 Å². The van der Waals surface area contributed by atoms with Crippen molar-refractivity contribution in [2.75, 3.05) is 9.80 Å². The van der Waals surface area contributed by atoms with Crippen molar-refractivity contribution in [2.24, 2.45) is 0 Å². The van der Waals surface area contributed by atoms with Crippen molar-refractivity contribution in [2.45, 2.75) is 118 Å². The molecule has 2 aliphatic rings. The number of benzene rings is 11. The summed E-state index contributed by atoms with van der Waals surface area (Å²) in [5, 5.41) is 9.01. The predicted octanol–water partition coefficient (Wildman–Crippen LogP) is 21.2. The van der Waals surface area contributed by atoms with Crippen LogP contribution in [0.15, 0.2) is 206 Å². The number of nitrogens with zero attached hydrogens (tertiary/aromatic N) is 2. The van der Waals surface area contributed by atoms with Gasteiger partial charge in [0.2, 0.25) is 0 Å². The third-order valence-electron chi connectivity index (χ3n) is 18.5. The normalized spacial score (nSPS) is 13.5. The second-order valence-corrected chi connectivity index (χ2v) is 29.1. The lowest BCUT2D eigenvalue weighted by atomic mass is 9.36. The third-order valence-corrected chi connectivity index (χ3v) is 19.7. The standard InChI is InChI=1S/C80H75BN2S/c1-14-49-26-41-70-68(44-49)81-74-71(24-19-25-72(74)83(70)69-42-36-55(79(8,9)10)46-65(69)52-31-39-63-61-22-16-15-20-59(61)60-21-17-18-23-62(60)66(63)45-52)82(75-67-47-56(80(11,12)13)37-43-73(67)84-76(75)81)57-38-40-58(50-27-32-53(33-28-50)77(2,3)4)64(48-57)51-29-34-54(35-30-51)78(5,6)7/h15-48H,14H2,1-13H3. The van der Waals surface area contributed by atoms with Crippen molar-refractivity contribution in [1.29, 1.82) is 0 Å². The number of hydrogen-bond acceptors (Lipinski definition) is 3. The fraction of sp³-hybridized carbons (Fsp3) is 0.225. The molecular weight excluding hydrogens is 1030 g/mol. The average molecular weight is 1110 g/mol. The molecule has 0 aliphatic carbocycles. The van der Waals surface area contributed by atoms with Crippen LogP contribution in [0.25, 0.3) is 75.8 Å². The number of aryl methyl sites for hydroxylation is 1. The van der Waals surface area contributed by atoms with Gasteiger partial charge in [0, 0.05) is 43.2 Å². The van der Waals surface area contributed by atoms with Crippen molar-refractivity contribution < 1.29 is 0 Å². The maximum absolute atomic E-state index is 2.66. The zero-order chi connectivity index (χ0) is 58.4. The highest BCUT2D eigenvalue weighted by atomic mass is 32.1. The Hall–Kier alpha value is -8.18. The molecule has 0 bridgehead atoms. The highest BCUT2D eigenvalue weighted by Crippen LogP contribution is 2.52. The molecule has 0 radical (unpaired) electrons. The highest BCUT2D eigenvalue weighted by Gasteiger charge is 2.46. The minimum atomic E-state index is -0.0797. The Bertz CT molecular complexity index is 4590. The van der Waals surface area contributed by atoms with Gasteiger partial charge in [0.1, 0.15) is 0 Å². The van der Waals surface area contributed by atoms with Crippen LogP contribution in [0, 0.1) is 0 Å². The van der Waals surface area contributed by atoms with E-state index >= 15 is 0 Å². The molecule has 2 aliphatic heterocycles. The average Bonchev–Trinajstić information content (AvgIpc) is 1.44. The molecule has 14 rings (SSSR count). The minimum Gasteiger partial charge on any atom is -0.311 e. The first kappa shape index (κ1) is 53.8. The molecule has 0 spiro atoms. The first-order chi connectivity index (χ1) is 40.1. The number of hydrogen-bond donors (Lipinski definition) is 0. The van der Waals surface area contributed by atoms with Crippen LogP contribution in [-0.4, -0.2) is 6.71 Å². The Kier molecular flexibility index (Phi) is 12.5. The molecule has 3 heterocycles. The lowest BCUT2D eigenvalue weighted by Gasteiger charge is -2.43. The fourth-order valence-electron chi connectivity index (χ4n) is 13.7. The van der Waals surface area contributed by atoms with Gasteiger partial charge in [0.15, 0.2) is 0 Å². The Labute approximate surface area is 502 Å². The summed E-state index contributed by atoms with van der Waals surface area (Å²) >= 11 is 1.99. The molecule has 12 aromatic rings. The van der Waals surface area contributed by atoms with Crippen LogP contribution in [-0.2, 0) is 28.1 Å². The summed E-state index contributed by atoms with van der Waals surface area (Å²) in [5.41, 5.74) is 23.9. The summed E-state index contributed by atoms with van der Waals surface area (Å²) in [6, 6.07) is 80.3. The number of thiophene rings is 1. The van der Waals surface area contributed by atoms with E-state index < -0.39 is 0 Å². The van der Waals surface area contributed by atoms with Gasteiger partial charge in [-0.3, -0.25) is 0 Å². The van der Waals surface area contributed by atoms with Crippen molar-refractivity contribution in [3.63, 3.8) is 0 Å². The van der Waals surface area contributed by atoms with Crippen LogP contribution in [0.5, 0.6) is 0 Å². The topological polar surface area (TPSA) is 6.48 Å². The highest BCUT2D eigenvalue weighted by molar-refractivity contribution is 7.33. The van der Waals surface area contributed by atoms with Gasteiger partial charge in [0.25, 0.3) is 6.71 Å². The molecule has 0 saturated carbocycles. The molecule has 0 N–H and O–H groups in total. The monoisotopic (exact) mass is 1110 g/mol. The van der Waals surface area contributed by atoms with Gasteiger partial charge in [-0.25, -0.2) is 0 Å². The van der Waals surface area contributed by atoms with E-state index in [1.54, 1.807) is 0 Å². The van der Waals surface area contributed by atoms with E-state index in [0.29, 0.717) is 0 Å². The van der Waals surface area contributed by atoms with E-state index in [1.165, 1.54) is 148 Å². The first-order valence-electron chi connectivity index (χ1n) is 30.4. The fourth-order valence-corrected chi connectivity index (χ4v) is 15.0. The van der Waals surface area contributed by atoms with Crippen LogP contribution < -0.4 is 25.5 Å². The van der Waals surface area contributed by atoms with E-state index in [1.807, 2.05) is 11.3 Å². The maximum atomic E-state index is 2.66. The van der Waals surface area contributed by atoms with Gasteiger partial charge >= 0.3 is 0 Å². The number of fused-ring (bicyclic) bond motifs is 12. The molecular formula is C80H75BN2S. The lowest BCUT2D eigenvalue weighted by Crippen LogP contribution is -2.60. The SMILES string of the molecule is CCc1ccc2c(c1)B1c3sc4ccc(C(C)(C)C)cc4c3N(c3ccc(-c4ccc(C(C)(C)C)cc4)c(-c4ccc(C(C)(C)C)cc4)c3)c3cccc(c31)N2c1ccc(C(C)(C)C)cc1-c1ccc2c3ccccc3c3ccccc3c2c1. The molecule has 11 aromatic carbocycles. The van der Waals surface area contributed by atoms with Crippen molar-refractivity contribution >= 4 is 110 Å². The molecule has 84 heavy (non-hydrogen) atoms. The van der Waals surface area contributed by atoms with E-state index in [2.05, 4.69) is 306 Å². The van der Waals surface area contributed by atoms with Crippen molar-refractivity contribution in [1.82, 2.24) is 0 Å². The summed E-state index contributed by atoms with van der Waals surface area (Å²) in [6.45, 7) is 30.2. The molecule has 0 atom stereocenters. The summed E-state index contributed by atoms with van der Waals surface area (Å²) < 4.78 is 2.70. The summed E-state index contributed by atoms with van der Waals surface area (Å²) in [4.78, 5) is 5.29. The molecule has 414 valence electrons. The van der Waals surface area contributed by atoms with Crippen LogP contribution in [0.1, 0.15) is 118 Å². The summed E-state index contributed by atoms with van der Waals surface area (Å²) in [7, 11) is 0. The lowest BCUT2D eigenvalue weighted by molar-refractivity contribution is 0.590. The van der Waals surface area contributed by atoms with Gasteiger partial charge in [-0.05, 0) is 188 Å². The molecule has 0 saturated heterocycles. The van der Waals surface area contributed by atoms with E-state index in [4.69, 9.17) is 0 Å². The van der Waals surface area contributed by atoms with Gasteiger partial charge in [-0.2, -0.15) is 0 Å². The zero-order valence-corrected chi connectivity index (χ0v) is 52.0. The molecule has 0 amide bonds. The van der Waals surface area contributed by atoms with Crippen LogP contribution >= 0.6 is 11.3 Å². The Balaban J connectivity index is 1.04. The predicted molar refractivity (Wildman–Crippen MR) is 369 cm³/mol. The Morgan fingerprint density at radius 2 is 0.869 bits per heavy atom. The zero-order valence-electron chi connectivity index (χ0n) is 51.2. The van der Waals surface area contributed by atoms with Crippen LogP contribution in [0.3, 0.4) is 0 Å². The molecule has 0 fully saturated rings. The van der Waals surface area contributed by atoms with E-state index in [0.717, 1.165) is 12.1 Å². The first-order valence-corrected chi connectivity index (χ1v) is 31.2. The summed E-state index contributed by atoms with van der Waals surface area (Å²) in [6.07, 6.45) is 0.949. The molecule has 2 nitrogen and oxygen atoms in total. The smallest absolute Gasteiger partial charge is 0.264 e. The Morgan fingerprint density at radius 1 is 0.357 bits per heavy atom. The van der Waals surface area contributed by atoms with Crippen molar-refractivity contribution in [3.8, 4) is 33.4 Å². The second kappa shape index (κ2) is 19.4. The minimum absolute atomic E-state index is 0.00156. The maximum Gasteiger partial charge on any atom is 0.264 e. The quantitative estimate of drug-likeness (QED) is 0.121. The Morgan fingerprint density at radius 3 is 1.46 bits per heavy atom. The number of anilines is 6. The molecule has 0 unspecified atom stereocenters. The third kappa shape index (κ3) is 8.81. The van der Waals surface area contributed by atoms with Gasteiger partial charge in [-0.1, -0.05) is 236 Å². The molecule has 4 heteroatoms. The van der Waals surface area contributed by atoms with Gasteiger partial charge in [0.05, 0.1) is 11.4 Å². The number of rotatable bonds is 6.